The SMILES string of the molecule is CCNC(c1cncc(OC)c1)c1ncn[nH]1. The highest BCUT2D eigenvalue weighted by Gasteiger charge is 2.16. The Hall–Kier alpha value is -1.95. The molecule has 2 N–H and O–H groups in total. The van der Waals surface area contributed by atoms with Gasteiger partial charge in [-0.1, -0.05) is 6.92 Å². The van der Waals surface area contributed by atoms with Crippen LogP contribution in [0.15, 0.2) is 24.8 Å². The number of pyridine rings is 1. The normalized spacial score (nSPS) is 12.4. The monoisotopic (exact) mass is 233 g/mol. The third kappa shape index (κ3) is 2.59. The lowest BCUT2D eigenvalue weighted by atomic mass is 10.1. The summed E-state index contributed by atoms with van der Waals surface area (Å²) in [5.74, 6) is 1.49. The first kappa shape index (κ1) is 11.5. The first-order chi connectivity index (χ1) is 8.35. The van der Waals surface area contributed by atoms with Crippen LogP contribution >= 0.6 is 0 Å². The summed E-state index contributed by atoms with van der Waals surface area (Å²) in [4.78, 5) is 8.31. The van der Waals surface area contributed by atoms with Crippen LogP contribution in [0.2, 0.25) is 0 Å². The van der Waals surface area contributed by atoms with Crippen molar-refractivity contribution in [3.05, 3.63) is 36.2 Å². The summed E-state index contributed by atoms with van der Waals surface area (Å²) in [6.07, 6.45) is 4.96. The zero-order chi connectivity index (χ0) is 12.1. The van der Waals surface area contributed by atoms with Gasteiger partial charge < -0.3 is 10.1 Å². The molecule has 1 unspecified atom stereocenters. The minimum absolute atomic E-state index is 0.0508. The maximum absolute atomic E-state index is 5.16. The summed E-state index contributed by atoms with van der Waals surface area (Å²) in [5, 5.41) is 10.1. The van der Waals surface area contributed by atoms with Crippen LogP contribution in [0.3, 0.4) is 0 Å². The van der Waals surface area contributed by atoms with E-state index in [1.54, 1.807) is 19.5 Å². The Morgan fingerprint density at radius 2 is 2.35 bits per heavy atom. The van der Waals surface area contributed by atoms with Crippen LogP contribution in [0.25, 0.3) is 0 Å². The van der Waals surface area contributed by atoms with E-state index in [-0.39, 0.29) is 6.04 Å². The fourth-order valence-corrected chi connectivity index (χ4v) is 1.64. The molecule has 90 valence electrons. The number of methoxy groups -OCH3 is 1. The zero-order valence-corrected chi connectivity index (χ0v) is 9.84. The van der Waals surface area contributed by atoms with E-state index in [0.717, 1.165) is 23.7 Å². The molecule has 0 aliphatic heterocycles. The second kappa shape index (κ2) is 5.40. The fourth-order valence-electron chi connectivity index (χ4n) is 1.64. The van der Waals surface area contributed by atoms with Gasteiger partial charge in [0.25, 0.3) is 0 Å². The molecule has 0 spiro atoms. The highest BCUT2D eigenvalue weighted by molar-refractivity contribution is 5.29. The third-order valence-electron chi connectivity index (χ3n) is 2.42. The number of hydrogen-bond donors (Lipinski definition) is 2. The Morgan fingerprint density at radius 3 is 3.00 bits per heavy atom. The van der Waals surface area contributed by atoms with Crippen molar-refractivity contribution in [3.8, 4) is 5.75 Å². The number of hydrogen-bond acceptors (Lipinski definition) is 5. The fraction of sp³-hybridized carbons (Fsp3) is 0.364. The Morgan fingerprint density at radius 1 is 1.47 bits per heavy atom. The molecule has 0 fully saturated rings. The molecule has 0 saturated heterocycles. The van der Waals surface area contributed by atoms with Crippen LogP contribution in [-0.4, -0.2) is 33.8 Å². The zero-order valence-electron chi connectivity index (χ0n) is 9.84. The van der Waals surface area contributed by atoms with Crippen LogP contribution in [0.4, 0.5) is 0 Å². The van der Waals surface area contributed by atoms with Crippen molar-refractivity contribution in [2.75, 3.05) is 13.7 Å². The number of nitrogens with one attached hydrogen (secondary N) is 2. The molecule has 6 nitrogen and oxygen atoms in total. The molecule has 2 aromatic heterocycles. The maximum atomic E-state index is 5.16. The first-order valence-corrected chi connectivity index (χ1v) is 5.42. The predicted molar refractivity (Wildman–Crippen MR) is 62.7 cm³/mol. The van der Waals surface area contributed by atoms with Gasteiger partial charge in [-0.25, -0.2) is 4.98 Å². The lowest BCUT2D eigenvalue weighted by molar-refractivity contribution is 0.411. The van der Waals surface area contributed by atoms with Gasteiger partial charge >= 0.3 is 0 Å². The van der Waals surface area contributed by atoms with Gasteiger partial charge in [-0.2, -0.15) is 5.10 Å². The molecule has 0 aliphatic carbocycles. The van der Waals surface area contributed by atoms with Crippen molar-refractivity contribution < 1.29 is 4.74 Å². The molecule has 0 amide bonds. The molecular formula is C11H15N5O. The minimum atomic E-state index is -0.0508. The topological polar surface area (TPSA) is 75.7 Å². The van der Waals surface area contributed by atoms with Crippen LogP contribution in [0.5, 0.6) is 5.75 Å². The van der Waals surface area contributed by atoms with Crippen molar-refractivity contribution in [2.45, 2.75) is 13.0 Å². The lowest BCUT2D eigenvalue weighted by Gasteiger charge is -2.15. The summed E-state index contributed by atoms with van der Waals surface area (Å²) in [6.45, 7) is 2.86. The molecule has 0 radical (unpaired) electrons. The largest absolute Gasteiger partial charge is 0.495 e. The van der Waals surface area contributed by atoms with E-state index in [2.05, 4.69) is 25.5 Å². The van der Waals surface area contributed by atoms with Gasteiger partial charge in [0.2, 0.25) is 0 Å². The lowest BCUT2D eigenvalue weighted by Crippen LogP contribution is -2.23. The van der Waals surface area contributed by atoms with E-state index < -0.39 is 0 Å². The summed E-state index contributed by atoms with van der Waals surface area (Å²) in [6, 6.07) is 1.88. The minimum Gasteiger partial charge on any atom is -0.495 e. The average Bonchev–Trinajstić information content (AvgIpc) is 2.89. The van der Waals surface area contributed by atoms with Crippen LogP contribution in [0, 0.1) is 0 Å². The molecule has 17 heavy (non-hydrogen) atoms. The van der Waals surface area contributed by atoms with Crippen LogP contribution in [0.1, 0.15) is 24.4 Å². The quantitative estimate of drug-likeness (QED) is 0.802. The average molecular weight is 233 g/mol. The number of aromatic nitrogens is 4. The van der Waals surface area contributed by atoms with E-state index in [1.165, 1.54) is 6.33 Å². The van der Waals surface area contributed by atoms with Crippen molar-refractivity contribution in [1.29, 1.82) is 0 Å². The predicted octanol–water partition coefficient (Wildman–Crippen LogP) is 0.907. The Labute approximate surface area is 99.4 Å². The molecule has 0 bridgehead atoms. The van der Waals surface area contributed by atoms with E-state index in [1.807, 2.05) is 13.0 Å². The van der Waals surface area contributed by atoms with E-state index in [4.69, 9.17) is 4.74 Å². The molecule has 0 aliphatic rings. The smallest absolute Gasteiger partial charge is 0.146 e. The first-order valence-electron chi connectivity index (χ1n) is 5.42. The number of nitrogens with zero attached hydrogens (tertiary/aromatic N) is 3. The molecule has 1 atom stereocenters. The van der Waals surface area contributed by atoms with Gasteiger partial charge in [0.1, 0.15) is 17.9 Å². The summed E-state index contributed by atoms with van der Waals surface area (Å²) in [5.41, 5.74) is 0.989. The number of ether oxygens (including phenoxy) is 1. The summed E-state index contributed by atoms with van der Waals surface area (Å²) in [7, 11) is 1.62. The van der Waals surface area contributed by atoms with Gasteiger partial charge in [-0.3, -0.25) is 10.1 Å². The summed E-state index contributed by atoms with van der Waals surface area (Å²) < 4.78 is 5.16. The van der Waals surface area contributed by atoms with E-state index in [9.17, 15) is 0 Å². The van der Waals surface area contributed by atoms with Crippen LogP contribution < -0.4 is 10.1 Å². The molecule has 2 rings (SSSR count). The summed E-state index contributed by atoms with van der Waals surface area (Å²) >= 11 is 0. The molecule has 6 heteroatoms. The van der Waals surface area contributed by atoms with Gasteiger partial charge in [0.15, 0.2) is 0 Å². The molecular weight excluding hydrogens is 218 g/mol. The van der Waals surface area contributed by atoms with Crippen molar-refractivity contribution in [2.24, 2.45) is 0 Å². The second-order valence-corrected chi connectivity index (χ2v) is 3.52. The molecule has 0 aromatic carbocycles. The van der Waals surface area contributed by atoms with E-state index in [0.29, 0.717) is 0 Å². The Kier molecular flexibility index (Phi) is 3.66. The third-order valence-corrected chi connectivity index (χ3v) is 2.42. The molecule has 0 saturated carbocycles. The van der Waals surface area contributed by atoms with Crippen molar-refractivity contribution in [1.82, 2.24) is 25.5 Å². The van der Waals surface area contributed by atoms with Gasteiger partial charge in [-0.05, 0) is 18.2 Å². The Bertz CT molecular complexity index is 457. The number of H-pyrrole nitrogens is 1. The van der Waals surface area contributed by atoms with Gasteiger partial charge in [0, 0.05) is 6.20 Å². The highest BCUT2D eigenvalue weighted by atomic mass is 16.5. The van der Waals surface area contributed by atoms with Gasteiger partial charge in [0.05, 0.1) is 19.3 Å². The second-order valence-electron chi connectivity index (χ2n) is 3.52. The molecule has 2 aromatic rings. The Balaban J connectivity index is 2.32. The van der Waals surface area contributed by atoms with Crippen LogP contribution in [-0.2, 0) is 0 Å². The standard InChI is InChI=1S/C11H15N5O/c1-3-13-10(11-14-7-15-16-11)8-4-9(17-2)6-12-5-8/h4-7,10,13H,3H2,1-2H3,(H,14,15,16). The van der Waals surface area contributed by atoms with Crippen molar-refractivity contribution >= 4 is 0 Å². The van der Waals surface area contributed by atoms with Gasteiger partial charge in [-0.15, -0.1) is 0 Å². The van der Waals surface area contributed by atoms with E-state index >= 15 is 0 Å². The van der Waals surface area contributed by atoms with Crippen molar-refractivity contribution in [3.63, 3.8) is 0 Å². The highest BCUT2D eigenvalue weighted by Crippen LogP contribution is 2.21. The number of aromatic amines is 1. The maximum Gasteiger partial charge on any atom is 0.146 e. The molecule has 2 heterocycles. The number of rotatable bonds is 5.